The first-order chi connectivity index (χ1) is 17.2. The van der Waals surface area contributed by atoms with Crippen molar-refractivity contribution >= 4 is 28.9 Å². The van der Waals surface area contributed by atoms with Gasteiger partial charge in [-0.25, -0.2) is 0 Å². The number of morpholine rings is 1. The van der Waals surface area contributed by atoms with E-state index in [4.69, 9.17) is 10.5 Å². The number of carbonyl (C=O) groups excluding carboxylic acids is 2. The summed E-state index contributed by atoms with van der Waals surface area (Å²) in [4.78, 5) is 26.1. The lowest BCUT2D eigenvalue weighted by atomic mass is 10.0. The van der Waals surface area contributed by atoms with E-state index in [9.17, 15) is 41.0 Å². The van der Waals surface area contributed by atoms with Crippen LogP contribution in [-0.2, 0) is 26.7 Å². The molecule has 2 amide bonds. The molecule has 0 radical (unpaired) electrons. The van der Waals surface area contributed by atoms with Crippen molar-refractivity contribution < 1.29 is 45.8 Å². The Morgan fingerprint density at radius 3 is 2.22 bits per heavy atom. The fourth-order valence-corrected chi connectivity index (χ4v) is 3.62. The molecule has 4 N–H and O–H groups in total. The fourth-order valence-electron chi connectivity index (χ4n) is 3.62. The number of alkyl halides is 6. The monoisotopic (exact) mass is 531 g/mol. The normalized spacial score (nSPS) is 18.1. The summed E-state index contributed by atoms with van der Waals surface area (Å²) in [6.07, 6.45) is -11.7. The van der Waals surface area contributed by atoms with Gasteiger partial charge in [0.2, 0.25) is 0 Å². The zero-order chi connectivity index (χ0) is 27.5. The molecule has 0 bridgehead atoms. The highest BCUT2D eigenvalue weighted by Gasteiger charge is 2.42. The molecule has 1 saturated heterocycles. The van der Waals surface area contributed by atoms with E-state index in [-0.39, 0.29) is 18.4 Å². The number of allylic oxidation sites excluding steroid dienone is 1. The third-order valence-electron chi connectivity index (χ3n) is 5.47. The Labute approximate surface area is 207 Å². The van der Waals surface area contributed by atoms with Gasteiger partial charge in [0.25, 0.3) is 11.8 Å². The number of aliphatic hydroxyl groups excluding tert-OH is 1. The summed E-state index contributed by atoms with van der Waals surface area (Å²) < 4.78 is 84.5. The quantitative estimate of drug-likeness (QED) is 0.486. The number of nitrogens with zero attached hydrogens (tertiary/aromatic N) is 1. The first kappa shape index (κ1) is 28.0. The van der Waals surface area contributed by atoms with E-state index >= 15 is 0 Å². The second-order valence-electron chi connectivity index (χ2n) is 8.12. The molecule has 0 aliphatic carbocycles. The average molecular weight is 531 g/mol. The second kappa shape index (κ2) is 10.8. The SMILES string of the molecule is CC/C=C(/N)c1ccc(NC(=O)[C@H](O)[C@H]2OCCN(c3cc(C(F)(F)F)cc(C(F)(F)F)c3)C2=O)cc1. The molecule has 2 aromatic carbocycles. The molecule has 2 aromatic rings. The molecule has 1 fully saturated rings. The highest BCUT2D eigenvalue weighted by atomic mass is 19.4. The van der Waals surface area contributed by atoms with Crippen LogP contribution in [0, 0.1) is 0 Å². The van der Waals surface area contributed by atoms with Gasteiger partial charge in [-0.3, -0.25) is 9.59 Å². The predicted molar refractivity (Wildman–Crippen MR) is 122 cm³/mol. The van der Waals surface area contributed by atoms with Crippen LogP contribution in [0.4, 0.5) is 37.7 Å². The van der Waals surface area contributed by atoms with Gasteiger partial charge in [0.05, 0.1) is 17.7 Å². The van der Waals surface area contributed by atoms with Crippen LogP contribution in [0.2, 0.25) is 0 Å². The topological polar surface area (TPSA) is 105 Å². The van der Waals surface area contributed by atoms with Crippen molar-refractivity contribution in [3.05, 3.63) is 65.2 Å². The molecule has 1 aliphatic heterocycles. The van der Waals surface area contributed by atoms with Gasteiger partial charge in [-0.2, -0.15) is 26.3 Å². The maximum atomic E-state index is 13.2. The lowest BCUT2D eigenvalue weighted by molar-refractivity contribution is -0.150. The maximum Gasteiger partial charge on any atom is 0.416 e. The second-order valence-corrected chi connectivity index (χ2v) is 8.12. The van der Waals surface area contributed by atoms with Crippen LogP contribution in [0.1, 0.15) is 30.0 Å². The van der Waals surface area contributed by atoms with Crippen molar-refractivity contribution in [1.29, 1.82) is 0 Å². The molecule has 0 aromatic heterocycles. The summed E-state index contributed by atoms with van der Waals surface area (Å²) in [5, 5.41) is 12.8. The number of rotatable bonds is 6. The first-order valence-corrected chi connectivity index (χ1v) is 11.0. The van der Waals surface area contributed by atoms with Crippen molar-refractivity contribution in [2.24, 2.45) is 5.73 Å². The number of halogens is 6. The molecule has 0 spiro atoms. The standard InChI is InChI=1S/C24H23F6N3O4/c1-2-3-18(31)13-4-6-16(7-5-13)32-21(35)19(34)20-22(36)33(8-9-37-20)17-11-14(23(25,26)27)10-15(12-17)24(28,29)30/h3-7,10-12,19-20,34H,2,8-9,31H2,1H3,(H,32,35)/b18-3+/t19-,20-/m1/s1. The Bertz CT molecular complexity index is 1150. The van der Waals surface area contributed by atoms with Crippen molar-refractivity contribution in [1.82, 2.24) is 0 Å². The predicted octanol–water partition coefficient (Wildman–Crippen LogP) is 4.17. The zero-order valence-electron chi connectivity index (χ0n) is 19.4. The summed E-state index contributed by atoms with van der Waals surface area (Å²) in [6, 6.07) is 6.93. The smallest absolute Gasteiger partial charge is 0.399 e. The van der Waals surface area contributed by atoms with Gasteiger partial charge in [0, 0.05) is 23.6 Å². The molecule has 0 saturated carbocycles. The van der Waals surface area contributed by atoms with Crippen molar-refractivity contribution in [3.63, 3.8) is 0 Å². The molecule has 3 rings (SSSR count). The Morgan fingerprint density at radius 1 is 1.14 bits per heavy atom. The van der Waals surface area contributed by atoms with Gasteiger partial charge in [-0.1, -0.05) is 25.1 Å². The molecule has 13 heteroatoms. The van der Waals surface area contributed by atoms with Gasteiger partial charge in [0.1, 0.15) is 0 Å². The van der Waals surface area contributed by atoms with Crippen molar-refractivity contribution in [3.8, 4) is 0 Å². The zero-order valence-corrected chi connectivity index (χ0v) is 19.4. The van der Waals surface area contributed by atoms with E-state index in [1.807, 2.05) is 6.92 Å². The number of nitrogens with two attached hydrogens (primary N) is 1. The van der Waals surface area contributed by atoms with Gasteiger partial charge < -0.3 is 25.8 Å². The van der Waals surface area contributed by atoms with Crippen LogP contribution in [0.5, 0.6) is 0 Å². The van der Waals surface area contributed by atoms with Gasteiger partial charge >= 0.3 is 12.4 Å². The number of anilines is 2. The largest absolute Gasteiger partial charge is 0.416 e. The van der Waals surface area contributed by atoms with Gasteiger partial charge in [-0.05, 0) is 42.3 Å². The molecular weight excluding hydrogens is 508 g/mol. The minimum Gasteiger partial charge on any atom is -0.399 e. The van der Waals surface area contributed by atoms with Crippen molar-refractivity contribution in [2.45, 2.75) is 37.9 Å². The number of benzene rings is 2. The molecule has 200 valence electrons. The lowest BCUT2D eigenvalue weighted by Crippen LogP contribution is -2.55. The maximum absolute atomic E-state index is 13.2. The first-order valence-electron chi connectivity index (χ1n) is 11.0. The Balaban J connectivity index is 1.80. The molecule has 2 atom stereocenters. The minimum absolute atomic E-state index is 0.0644. The van der Waals surface area contributed by atoms with Gasteiger partial charge in [0.15, 0.2) is 12.2 Å². The summed E-state index contributed by atoms with van der Waals surface area (Å²) in [5.74, 6) is -2.24. The average Bonchev–Trinajstić information content (AvgIpc) is 2.83. The highest BCUT2D eigenvalue weighted by molar-refractivity contribution is 6.04. The van der Waals surface area contributed by atoms with Gasteiger partial charge in [-0.15, -0.1) is 0 Å². The van der Waals surface area contributed by atoms with Crippen LogP contribution in [0.3, 0.4) is 0 Å². The van der Waals surface area contributed by atoms with E-state index < -0.39 is 59.7 Å². The van der Waals surface area contributed by atoms with E-state index in [0.29, 0.717) is 34.7 Å². The number of aliphatic hydroxyl groups is 1. The van der Waals surface area contributed by atoms with E-state index in [1.54, 1.807) is 18.2 Å². The molecule has 0 unspecified atom stereocenters. The minimum atomic E-state index is -5.11. The summed E-state index contributed by atoms with van der Waals surface area (Å²) in [5.41, 5.74) is 3.43. The number of nitrogens with one attached hydrogen (secondary N) is 1. The van der Waals surface area contributed by atoms with E-state index in [2.05, 4.69) is 5.32 Å². The summed E-state index contributed by atoms with van der Waals surface area (Å²) in [7, 11) is 0. The third kappa shape index (κ3) is 6.60. The lowest BCUT2D eigenvalue weighted by Gasteiger charge is -2.34. The molecule has 37 heavy (non-hydrogen) atoms. The van der Waals surface area contributed by atoms with E-state index in [1.165, 1.54) is 12.1 Å². The Kier molecular flexibility index (Phi) is 8.18. The van der Waals surface area contributed by atoms with Crippen LogP contribution in [0.25, 0.3) is 5.70 Å². The Morgan fingerprint density at radius 2 is 1.70 bits per heavy atom. The fraction of sp³-hybridized carbons (Fsp3) is 0.333. The molecule has 1 heterocycles. The number of hydrogen-bond donors (Lipinski definition) is 3. The Hall–Kier alpha value is -3.58. The molecule has 1 aliphatic rings. The van der Waals surface area contributed by atoms with Crippen LogP contribution in [0.15, 0.2) is 48.5 Å². The molecular formula is C24H23F6N3O4. The van der Waals surface area contributed by atoms with Crippen LogP contribution in [-0.4, -0.2) is 42.3 Å². The third-order valence-corrected chi connectivity index (χ3v) is 5.47. The summed E-state index contributed by atoms with van der Waals surface area (Å²) in [6.45, 7) is 1.16. The number of carbonyl (C=O) groups is 2. The number of ether oxygens (including phenoxy) is 1. The van der Waals surface area contributed by atoms with Crippen molar-refractivity contribution in [2.75, 3.05) is 23.4 Å². The van der Waals surface area contributed by atoms with Crippen LogP contribution >= 0.6 is 0 Å². The van der Waals surface area contributed by atoms with Crippen LogP contribution < -0.4 is 16.0 Å². The number of amides is 2. The molecule has 7 nitrogen and oxygen atoms in total. The van der Waals surface area contributed by atoms with E-state index in [0.717, 1.165) is 0 Å². The highest BCUT2D eigenvalue weighted by Crippen LogP contribution is 2.39. The number of hydrogen-bond acceptors (Lipinski definition) is 5. The summed E-state index contributed by atoms with van der Waals surface area (Å²) >= 11 is 0.